The van der Waals surface area contributed by atoms with E-state index in [2.05, 4.69) is 10.2 Å². The fraction of sp³-hybridized carbons (Fsp3) is 0.333. The third kappa shape index (κ3) is 2.69. The first kappa shape index (κ1) is 12.4. The van der Waals surface area contributed by atoms with Gasteiger partial charge in [-0.15, -0.1) is 0 Å². The molecule has 0 aliphatic carbocycles. The van der Waals surface area contributed by atoms with Gasteiger partial charge >= 0.3 is 0 Å². The van der Waals surface area contributed by atoms with E-state index in [-0.39, 0.29) is 11.9 Å². The lowest BCUT2D eigenvalue weighted by atomic mass is 10.0. The highest BCUT2D eigenvalue weighted by atomic mass is 19.1. The second-order valence-electron chi connectivity index (χ2n) is 4.76. The average molecular weight is 260 g/mol. The Bertz CT molecular complexity index is 521. The summed E-state index contributed by atoms with van der Waals surface area (Å²) in [5, 5.41) is 3.33. The number of hydrogen-bond acceptors (Lipinski definition) is 3. The summed E-state index contributed by atoms with van der Waals surface area (Å²) >= 11 is 0. The Morgan fingerprint density at radius 2 is 2.00 bits per heavy atom. The number of rotatable bonds is 3. The van der Waals surface area contributed by atoms with Gasteiger partial charge in [-0.05, 0) is 29.8 Å². The van der Waals surface area contributed by atoms with Crippen LogP contribution in [0.4, 0.5) is 4.39 Å². The number of halogens is 1. The standard InChI is InChI=1S/C15H17FN2O/c16-13-4-1-3-12(11-13)15(14-5-2-10-19-14)18-8-6-17-7-9-18/h1-5,10-11,15,17H,6-9H2/t15-/m0/s1. The molecule has 1 N–H and O–H groups in total. The average Bonchev–Trinajstić information content (AvgIpc) is 2.94. The van der Waals surface area contributed by atoms with Crippen molar-refractivity contribution >= 4 is 0 Å². The minimum atomic E-state index is -0.204. The molecular weight excluding hydrogens is 243 g/mol. The van der Waals surface area contributed by atoms with Crippen molar-refractivity contribution in [3.63, 3.8) is 0 Å². The van der Waals surface area contributed by atoms with Crippen molar-refractivity contribution in [3.05, 3.63) is 59.8 Å². The lowest BCUT2D eigenvalue weighted by Crippen LogP contribution is -2.45. The molecule has 2 aromatic rings. The van der Waals surface area contributed by atoms with Crippen molar-refractivity contribution in [2.75, 3.05) is 26.2 Å². The van der Waals surface area contributed by atoms with Gasteiger partial charge in [-0.3, -0.25) is 4.90 Å². The third-order valence-corrected chi connectivity index (χ3v) is 3.49. The third-order valence-electron chi connectivity index (χ3n) is 3.49. The molecule has 100 valence electrons. The first-order valence-corrected chi connectivity index (χ1v) is 6.58. The van der Waals surface area contributed by atoms with Crippen molar-refractivity contribution < 1.29 is 8.81 Å². The van der Waals surface area contributed by atoms with Gasteiger partial charge in [0.2, 0.25) is 0 Å². The van der Waals surface area contributed by atoms with Crippen LogP contribution in [-0.2, 0) is 0 Å². The highest BCUT2D eigenvalue weighted by Crippen LogP contribution is 2.29. The SMILES string of the molecule is Fc1cccc([C@@H](c2ccco2)N2CCNCC2)c1. The minimum absolute atomic E-state index is 0.00667. The molecule has 0 saturated carbocycles. The molecule has 1 aromatic carbocycles. The molecule has 0 radical (unpaired) electrons. The van der Waals surface area contributed by atoms with E-state index < -0.39 is 0 Å². The van der Waals surface area contributed by atoms with E-state index in [1.807, 2.05) is 18.2 Å². The van der Waals surface area contributed by atoms with Crippen LogP contribution in [0.1, 0.15) is 17.4 Å². The fourth-order valence-corrected chi connectivity index (χ4v) is 2.62. The highest BCUT2D eigenvalue weighted by molar-refractivity contribution is 5.27. The lowest BCUT2D eigenvalue weighted by Gasteiger charge is -2.34. The molecular formula is C15H17FN2O. The summed E-state index contributed by atoms with van der Waals surface area (Å²) in [5.74, 6) is 0.664. The van der Waals surface area contributed by atoms with Gasteiger partial charge in [0.1, 0.15) is 11.6 Å². The minimum Gasteiger partial charge on any atom is -0.467 e. The number of nitrogens with zero attached hydrogens (tertiary/aromatic N) is 1. The van der Waals surface area contributed by atoms with Gasteiger partial charge in [0.15, 0.2) is 0 Å². The largest absolute Gasteiger partial charge is 0.467 e. The van der Waals surface area contributed by atoms with E-state index in [4.69, 9.17) is 4.42 Å². The smallest absolute Gasteiger partial charge is 0.125 e. The molecule has 1 aromatic heterocycles. The quantitative estimate of drug-likeness (QED) is 0.918. The van der Waals surface area contributed by atoms with Crippen LogP contribution in [0.2, 0.25) is 0 Å². The number of furan rings is 1. The summed E-state index contributed by atoms with van der Waals surface area (Å²) in [6.07, 6.45) is 1.67. The maximum absolute atomic E-state index is 13.5. The molecule has 1 aliphatic rings. The van der Waals surface area contributed by atoms with Gasteiger partial charge in [0.05, 0.1) is 12.3 Å². The number of piperazine rings is 1. The van der Waals surface area contributed by atoms with Gasteiger partial charge in [0, 0.05) is 26.2 Å². The molecule has 0 amide bonds. The Kier molecular flexibility index (Phi) is 3.62. The lowest BCUT2D eigenvalue weighted by molar-refractivity contribution is 0.180. The van der Waals surface area contributed by atoms with Gasteiger partial charge in [-0.25, -0.2) is 4.39 Å². The normalized spacial score (nSPS) is 18.4. The molecule has 3 rings (SSSR count). The van der Waals surface area contributed by atoms with Gasteiger partial charge in [-0.1, -0.05) is 12.1 Å². The van der Waals surface area contributed by atoms with Crippen LogP contribution in [0, 0.1) is 5.82 Å². The summed E-state index contributed by atoms with van der Waals surface area (Å²) in [6.45, 7) is 3.77. The zero-order chi connectivity index (χ0) is 13.1. The van der Waals surface area contributed by atoms with Gasteiger partial charge in [0.25, 0.3) is 0 Å². The van der Waals surface area contributed by atoms with Crippen LogP contribution in [-0.4, -0.2) is 31.1 Å². The van der Waals surface area contributed by atoms with Crippen molar-refractivity contribution in [2.45, 2.75) is 6.04 Å². The van der Waals surface area contributed by atoms with Crippen LogP contribution in [0.25, 0.3) is 0 Å². The topological polar surface area (TPSA) is 28.4 Å². The zero-order valence-electron chi connectivity index (χ0n) is 10.7. The zero-order valence-corrected chi connectivity index (χ0v) is 10.7. The summed E-state index contributed by atoms with van der Waals surface area (Å²) in [6, 6.07) is 10.6. The van der Waals surface area contributed by atoms with Crippen molar-refractivity contribution in [1.29, 1.82) is 0 Å². The first-order chi connectivity index (χ1) is 9.34. The molecule has 3 nitrogen and oxygen atoms in total. The predicted molar refractivity (Wildman–Crippen MR) is 71.4 cm³/mol. The Morgan fingerprint density at radius 3 is 2.68 bits per heavy atom. The van der Waals surface area contributed by atoms with E-state index in [1.54, 1.807) is 18.4 Å². The summed E-state index contributed by atoms with van der Waals surface area (Å²) in [5.41, 5.74) is 0.942. The van der Waals surface area contributed by atoms with Crippen LogP contribution in [0.3, 0.4) is 0 Å². The molecule has 2 heterocycles. The molecule has 0 unspecified atom stereocenters. The number of nitrogens with one attached hydrogen (secondary N) is 1. The summed E-state index contributed by atoms with van der Waals surface area (Å²) in [4.78, 5) is 2.32. The van der Waals surface area contributed by atoms with Crippen molar-refractivity contribution in [1.82, 2.24) is 10.2 Å². The van der Waals surface area contributed by atoms with Crippen LogP contribution in [0.5, 0.6) is 0 Å². The van der Waals surface area contributed by atoms with E-state index in [1.165, 1.54) is 6.07 Å². The molecule has 0 spiro atoms. The van der Waals surface area contributed by atoms with E-state index in [9.17, 15) is 4.39 Å². The van der Waals surface area contributed by atoms with Crippen molar-refractivity contribution in [3.8, 4) is 0 Å². The second-order valence-corrected chi connectivity index (χ2v) is 4.76. The molecule has 1 aliphatic heterocycles. The van der Waals surface area contributed by atoms with Crippen LogP contribution < -0.4 is 5.32 Å². The Balaban J connectivity index is 1.96. The Hall–Kier alpha value is -1.65. The van der Waals surface area contributed by atoms with Crippen molar-refractivity contribution in [2.24, 2.45) is 0 Å². The maximum atomic E-state index is 13.5. The van der Waals surface area contributed by atoms with Crippen LogP contribution >= 0.6 is 0 Å². The van der Waals surface area contributed by atoms with Gasteiger partial charge in [-0.2, -0.15) is 0 Å². The summed E-state index contributed by atoms with van der Waals surface area (Å²) in [7, 11) is 0. The van der Waals surface area contributed by atoms with E-state index in [0.29, 0.717) is 0 Å². The number of benzene rings is 1. The van der Waals surface area contributed by atoms with E-state index >= 15 is 0 Å². The molecule has 4 heteroatoms. The predicted octanol–water partition coefficient (Wildman–Crippen LogP) is 2.41. The monoisotopic (exact) mass is 260 g/mol. The van der Waals surface area contributed by atoms with E-state index in [0.717, 1.165) is 37.5 Å². The van der Waals surface area contributed by atoms with Gasteiger partial charge < -0.3 is 9.73 Å². The molecule has 0 bridgehead atoms. The fourth-order valence-electron chi connectivity index (χ4n) is 2.62. The highest BCUT2D eigenvalue weighted by Gasteiger charge is 2.26. The molecule has 1 atom stereocenters. The van der Waals surface area contributed by atoms with Crippen LogP contribution in [0.15, 0.2) is 47.1 Å². The number of hydrogen-bond donors (Lipinski definition) is 1. The maximum Gasteiger partial charge on any atom is 0.125 e. The first-order valence-electron chi connectivity index (χ1n) is 6.58. The Morgan fingerprint density at radius 1 is 1.16 bits per heavy atom. The molecule has 19 heavy (non-hydrogen) atoms. The second kappa shape index (κ2) is 5.55. The Labute approximate surface area is 112 Å². The molecule has 1 saturated heterocycles. The summed E-state index contributed by atoms with van der Waals surface area (Å²) < 4.78 is 19.0. The molecule has 1 fully saturated rings.